The molecular weight excluding hydrogens is 332 g/mol. The first kappa shape index (κ1) is 17.3. The zero-order valence-electron chi connectivity index (χ0n) is 15.5. The van der Waals surface area contributed by atoms with Crippen molar-refractivity contribution in [1.29, 1.82) is 0 Å². The van der Waals surface area contributed by atoms with Crippen molar-refractivity contribution in [2.75, 3.05) is 11.4 Å². The van der Waals surface area contributed by atoms with Crippen molar-refractivity contribution < 1.29 is 4.79 Å². The molecule has 1 heterocycles. The molecular formula is C24H24N2O. The Morgan fingerprint density at radius 3 is 2.11 bits per heavy atom. The van der Waals surface area contributed by atoms with Gasteiger partial charge in [0.15, 0.2) is 0 Å². The van der Waals surface area contributed by atoms with Gasteiger partial charge < -0.3 is 10.2 Å². The van der Waals surface area contributed by atoms with Crippen LogP contribution in [0.5, 0.6) is 0 Å². The van der Waals surface area contributed by atoms with Gasteiger partial charge in [-0.15, -0.1) is 0 Å². The maximum Gasteiger partial charge on any atom is 0.240 e. The van der Waals surface area contributed by atoms with Crippen LogP contribution in [0.1, 0.15) is 29.7 Å². The summed E-state index contributed by atoms with van der Waals surface area (Å²) in [5.74, 6) is 0.0382. The standard InChI is InChI=1S/C24H24N2O/c1-18-16-21-14-8-9-15-22(21)26(18)17-23(27)25-24(19-10-4-2-5-11-19)20-12-6-3-7-13-20/h2-15,18,24H,16-17H2,1H3,(H,25,27)/t18-/m0/s1. The van der Waals surface area contributed by atoms with E-state index in [1.165, 1.54) is 11.3 Å². The second-order valence-electron chi connectivity index (χ2n) is 7.13. The molecule has 1 amide bonds. The quantitative estimate of drug-likeness (QED) is 0.737. The van der Waals surface area contributed by atoms with Crippen LogP contribution in [0.3, 0.4) is 0 Å². The minimum Gasteiger partial charge on any atom is -0.359 e. The lowest BCUT2D eigenvalue weighted by molar-refractivity contribution is -0.120. The maximum absolute atomic E-state index is 13.0. The Morgan fingerprint density at radius 1 is 0.926 bits per heavy atom. The molecule has 0 aliphatic carbocycles. The predicted octanol–water partition coefficient (Wildman–Crippen LogP) is 4.34. The summed E-state index contributed by atoms with van der Waals surface area (Å²) >= 11 is 0. The Hall–Kier alpha value is -3.07. The molecule has 4 rings (SSSR count). The monoisotopic (exact) mass is 356 g/mol. The number of rotatable bonds is 5. The van der Waals surface area contributed by atoms with Crippen LogP contribution in [-0.4, -0.2) is 18.5 Å². The molecule has 3 nitrogen and oxygen atoms in total. The molecule has 0 unspecified atom stereocenters. The molecule has 1 aliphatic rings. The van der Waals surface area contributed by atoms with Crippen LogP contribution < -0.4 is 10.2 Å². The molecule has 0 saturated heterocycles. The van der Waals surface area contributed by atoms with E-state index in [1.807, 2.05) is 42.5 Å². The Balaban J connectivity index is 1.54. The number of benzene rings is 3. The lowest BCUT2D eigenvalue weighted by Gasteiger charge is -2.26. The van der Waals surface area contributed by atoms with Gasteiger partial charge in [-0.1, -0.05) is 78.9 Å². The van der Waals surface area contributed by atoms with Crippen molar-refractivity contribution in [2.45, 2.75) is 25.4 Å². The Labute approximate surface area is 160 Å². The number of nitrogens with zero attached hydrogens (tertiary/aromatic N) is 1. The van der Waals surface area contributed by atoms with E-state index >= 15 is 0 Å². The first-order chi connectivity index (χ1) is 13.2. The normalized spacial score (nSPS) is 15.6. The van der Waals surface area contributed by atoms with Crippen LogP contribution in [0.25, 0.3) is 0 Å². The third-order valence-corrected chi connectivity index (χ3v) is 5.23. The number of anilines is 1. The Kier molecular flexibility index (Phi) is 4.93. The molecule has 3 aromatic carbocycles. The Morgan fingerprint density at radius 2 is 1.48 bits per heavy atom. The fourth-order valence-corrected chi connectivity index (χ4v) is 3.88. The molecule has 1 aliphatic heterocycles. The van der Waals surface area contributed by atoms with Crippen LogP contribution in [0.15, 0.2) is 84.9 Å². The van der Waals surface area contributed by atoms with Gasteiger partial charge in [0.1, 0.15) is 0 Å². The number of carbonyl (C=O) groups is 1. The molecule has 1 atom stereocenters. The molecule has 3 aromatic rings. The van der Waals surface area contributed by atoms with Gasteiger partial charge in [-0.05, 0) is 36.1 Å². The third kappa shape index (κ3) is 3.72. The molecule has 0 fully saturated rings. The maximum atomic E-state index is 13.0. The first-order valence-corrected chi connectivity index (χ1v) is 9.46. The predicted molar refractivity (Wildman–Crippen MR) is 110 cm³/mol. The highest BCUT2D eigenvalue weighted by Gasteiger charge is 2.28. The van der Waals surface area contributed by atoms with Gasteiger partial charge in [-0.25, -0.2) is 0 Å². The number of fused-ring (bicyclic) bond motifs is 1. The summed E-state index contributed by atoms with van der Waals surface area (Å²) in [4.78, 5) is 15.2. The minimum absolute atomic E-state index is 0.0382. The highest BCUT2D eigenvalue weighted by atomic mass is 16.2. The number of amides is 1. The van der Waals surface area contributed by atoms with E-state index in [4.69, 9.17) is 0 Å². The molecule has 0 saturated carbocycles. The minimum atomic E-state index is -0.145. The third-order valence-electron chi connectivity index (χ3n) is 5.23. The van der Waals surface area contributed by atoms with Crippen molar-refractivity contribution in [3.05, 3.63) is 102 Å². The summed E-state index contributed by atoms with van der Waals surface area (Å²) in [6, 6.07) is 28.8. The van der Waals surface area contributed by atoms with Crippen LogP contribution in [-0.2, 0) is 11.2 Å². The number of nitrogens with one attached hydrogen (secondary N) is 1. The fourth-order valence-electron chi connectivity index (χ4n) is 3.88. The molecule has 0 bridgehead atoms. The van der Waals surface area contributed by atoms with Gasteiger partial charge in [-0.2, -0.15) is 0 Å². The SMILES string of the molecule is C[C@H]1Cc2ccccc2N1CC(=O)NC(c1ccccc1)c1ccccc1. The van der Waals surface area contributed by atoms with E-state index in [0.29, 0.717) is 12.6 Å². The topological polar surface area (TPSA) is 32.3 Å². The van der Waals surface area contributed by atoms with Gasteiger partial charge in [0.05, 0.1) is 12.6 Å². The molecule has 3 heteroatoms. The highest BCUT2D eigenvalue weighted by molar-refractivity contribution is 5.83. The fraction of sp³-hybridized carbons (Fsp3) is 0.208. The lowest BCUT2D eigenvalue weighted by atomic mass is 9.98. The average molecular weight is 356 g/mol. The van der Waals surface area contributed by atoms with Crippen molar-refractivity contribution in [3.63, 3.8) is 0 Å². The lowest BCUT2D eigenvalue weighted by Crippen LogP contribution is -2.41. The van der Waals surface area contributed by atoms with E-state index in [9.17, 15) is 4.79 Å². The van der Waals surface area contributed by atoms with Gasteiger partial charge in [0, 0.05) is 11.7 Å². The van der Waals surface area contributed by atoms with Gasteiger partial charge in [0.25, 0.3) is 0 Å². The molecule has 1 N–H and O–H groups in total. The van der Waals surface area contributed by atoms with E-state index in [2.05, 4.69) is 59.6 Å². The van der Waals surface area contributed by atoms with E-state index in [1.54, 1.807) is 0 Å². The van der Waals surface area contributed by atoms with Crippen molar-refractivity contribution in [3.8, 4) is 0 Å². The zero-order valence-corrected chi connectivity index (χ0v) is 15.5. The summed E-state index contributed by atoms with van der Waals surface area (Å²) in [5.41, 5.74) is 4.68. The number of carbonyl (C=O) groups excluding carboxylic acids is 1. The largest absolute Gasteiger partial charge is 0.359 e. The average Bonchev–Trinajstić information content (AvgIpc) is 3.03. The summed E-state index contributed by atoms with van der Waals surface area (Å²) in [6.07, 6.45) is 0.990. The number of hydrogen-bond donors (Lipinski definition) is 1. The van der Waals surface area contributed by atoms with E-state index in [0.717, 1.165) is 17.5 Å². The van der Waals surface area contributed by atoms with Crippen LogP contribution in [0, 0.1) is 0 Å². The smallest absolute Gasteiger partial charge is 0.240 e. The van der Waals surface area contributed by atoms with Gasteiger partial charge in [-0.3, -0.25) is 4.79 Å². The Bertz CT molecular complexity index is 868. The highest BCUT2D eigenvalue weighted by Crippen LogP contribution is 2.31. The second kappa shape index (κ2) is 7.67. The molecule has 0 radical (unpaired) electrons. The van der Waals surface area contributed by atoms with Crippen LogP contribution in [0.4, 0.5) is 5.69 Å². The summed E-state index contributed by atoms with van der Waals surface area (Å²) in [7, 11) is 0. The van der Waals surface area contributed by atoms with E-state index in [-0.39, 0.29) is 11.9 Å². The van der Waals surface area contributed by atoms with Crippen molar-refractivity contribution in [1.82, 2.24) is 5.32 Å². The van der Waals surface area contributed by atoms with Gasteiger partial charge >= 0.3 is 0 Å². The summed E-state index contributed by atoms with van der Waals surface area (Å²) in [5, 5.41) is 3.25. The number of para-hydroxylation sites is 1. The molecule has 0 aromatic heterocycles. The summed E-state index contributed by atoms with van der Waals surface area (Å²) in [6.45, 7) is 2.55. The number of hydrogen-bond acceptors (Lipinski definition) is 2. The zero-order chi connectivity index (χ0) is 18.6. The van der Waals surface area contributed by atoms with Crippen LogP contribution in [0.2, 0.25) is 0 Å². The van der Waals surface area contributed by atoms with Crippen molar-refractivity contribution >= 4 is 11.6 Å². The summed E-state index contributed by atoms with van der Waals surface area (Å²) < 4.78 is 0. The molecule has 0 spiro atoms. The molecule has 27 heavy (non-hydrogen) atoms. The second-order valence-corrected chi connectivity index (χ2v) is 7.13. The first-order valence-electron chi connectivity index (χ1n) is 9.46. The van der Waals surface area contributed by atoms with Gasteiger partial charge in [0.2, 0.25) is 5.91 Å². The van der Waals surface area contributed by atoms with Crippen molar-refractivity contribution in [2.24, 2.45) is 0 Å². The van der Waals surface area contributed by atoms with E-state index < -0.39 is 0 Å². The van der Waals surface area contributed by atoms with Crippen LogP contribution >= 0.6 is 0 Å². The molecule has 136 valence electrons.